The quantitative estimate of drug-likeness (QED) is 0.609. The average Bonchev–Trinajstić information content (AvgIpc) is 2.31. The molecule has 1 aliphatic rings. The van der Waals surface area contributed by atoms with Crippen LogP contribution in [0.25, 0.3) is 0 Å². The van der Waals surface area contributed by atoms with E-state index in [0.29, 0.717) is 0 Å². The molecule has 0 saturated carbocycles. The van der Waals surface area contributed by atoms with Crippen LogP contribution < -0.4 is 0 Å². The van der Waals surface area contributed by atoms with E-state index >= 15 is 0 Å². The predicted octanol–water partition coefficient (Wildman–Crippen LogP) is 0.0470. The molecule has 0 aromatic heterocycles. The Hall–Kier alpha value is -0.120. The first-order valence-corrected chi connectivity index (χ1v) is 3.75. The van der Waals surface area contributed by atoms with Crippen molar-refractivity contribution in [3.63, 3.8) is 0 Å². The van der Waals surface area contributed by atoms with Crippen molar-refractivity contribution in [3.05, 3.63) is 0 Å². The fraction of sp³-hybridized carbons (Fsp3) is 1.00. The Morgan fingerprint density at radius 1 is 1.70 bits per heavy atom. The van der Waals surface area contributed by atoms with E-state index in [-0.39, 0.29) is 6.23 Å². The summed E-state index contributed by atoms with van der Waals surface area (Å²) >= 11 is 0. The number of aliphatic hydroxyl groups excluding tert-OH is 1. The minimum atomic E-state index is -0.213. The third-order valence-corrected chi connectivity index (χ3v) is 1.91. The number of hydrogen-bond acceptors (Lipinski definition) is 3. The van der Waals surface area contributed by atoms with Crippen molar-refractivity contribution in [3.8, 4) is 0 Å². The van der Waals surface area contributed by atoms with Gasteiger partial charge >= 0.3 is 0 Å². The maximum Gasteiger partial charge on any atom is 0.107 e. The highest BCUT2D eigenvalue weighted by Crippen LogP contribution is 2.13. The van der Waals surface area contributed by atoms with Crippen LogP contribution in [0, 0.1) is 0 Å². The molecule has 0 aromatic carbocycles. The lowest BCUT2D eigenvalue weighted by Gasteiger charge is -2.18. The normalized spacial score (nSPS) is 27.6. The highest BCUT2D eigenvalue weighted by molar-refractivity contribution is 4.69. The molecule has 3 nitrogen and oxygen atoms in total. The van der Waals surface area contributed by atoms with Crippen molar-refractivity contribution in [1.82, 2.24) is 4.90 Å². The number of methoxy groups -OCH3 is 1. The molecule has 3 heteroatoms. The summed E-state index contributed by atoms with van der Waals surface area (Å²) in [5, 5.41) is 9.29. The lowest BCUT2D eigenvalue weighted by Crippen LogP contribution is -2.31. The highest BCUT2D eigenvalue weighted by Gasteiger charge is 2.20. The van der Waals surface area contributed by atoms with Crippen molar-refractivity contribution in [2.24, 2.45) is 0 Å². The molecule has 1 aliphatic heterocycles. The lowest BCUT2D eigenvalue weighted by molar-refractivity contribution is 0.0219. The monoisotopic (exact) mass is 145 g/mol. The van der Waals surface area contributed by atoms with Gasteiger partial charge in [-0.3, -0.25) is 4.90 Å². The summed E-state index contributed by atoms with van der Waals surface area (Å²) in [6, 6.07) is 0. The Kier molecular flexibility index (Phi) is 3.12. The van der Waals surface area contributed by atoms with E-state index < -0.39 is 0 Å². The maximum absolute atomic E-state index is 9.29. The van der Waals surface area contributed by atoms with Gasteiger partial charge in [0, 0.05) is 20.2 Å². The van der Waals surface area contributed by atoms with Gasteiger partial charge in [-0.05, 0) is 12.8 Å². The summed E-state index contributed by atoms with van der Waals surface area (Å²) in [5.74, 6) is 0. The van der Waals surface area contributed by atoms with E-state index in [9.17, 15) is 5.11 Å². The van der Waals surface area contributed by atoms with E-state index in [0.717, 1.165) is 32.5 Å². The SMILES string of the molecule is COCCN1CCCC1O. The first-order chi connectivity index (χ1) is 4.84. The fourth-order valence-corrected chi connectivity index (χ4v) is 1.28. The van der Waals surface area contributed by atoms with Gasteiger partial charge in [0.25, 0.3) is 0 Å². The number of hydrogen-bond donors (Lipinski definition) is 1. The zero-order valence-electron chi connectivity index (χ0n) is 6.42. The van der Waals surface area contributed by atoms with Gasteiger partial charge in [0.2, 0.25) is 0 Å². The third kappa shape index (κ3) is 1.94. The van der Waals surface area contributed by atoms with E-state index in [1.165, 1.54) is 0 Å². The Bertz CT molecular complexity index is 97.6. The second-order valence-corrected chi connectivity index (χ2v) is 2.65. The predicted molar refractivity (Wildman–Crippen MR) is 38.7 cm³/mol. The number of likely N-dealkylation sites (tertiary alicyclic amines) is 1. The van der Waals surface area contributed by atoms with Gasteiger partial charge < -0.3 is 9.84 Å². The summed E-state index contributed by atoms with van der Waals surface area (Å²) in [6.07, 6.45) is 1.82. The van der Waals surface area contributed by atoms with Gasteiger partial charge in [-0.2, -0.15) is 0 Å². The van der Waals surface area contributed by atoms with E-state index in [1.54, 1.807) is 7.11 Å². The van der Waals surface area contributed by atoms with Crippen LogP contribution in [0.2, 0.25) is 0 Å². The molecule has 1 N–H and O–H groups in total. The number of nitrogens with zero attached hydrogens (tertiary/aromatic N) is 1. The molecule has 0 bridgehead atoms. The molecule has 0 aromatic rings. The molecule has 1 saturated heterocycles. The second-order valence-electron chi connectivity index (χ2n) is 2.65. The number of aliphatic hydroxyl groups is 1. The van der Waals surface area contributed by atoms with Crippen LogP contribution in [-0.2, 0) is 4.74 Å². The summed E-state index contributed by atoms with van der Waals surface area (Å²) in [7, 11) is 1.68. The summed E-state index contributed by atoms with van der Waals surface area (Å²) in [6.45, 7) is 2.60. The van der Waals surface area contributed by atoms with Crippen molar-refractivity contribution < 1.29 is 9.84 Å². The second kappa shape index (κ2) is 3.91. The van der Waals surface area contributed by atoms with Crippen molar-refractivity contribution in [1.29, 1.82) is 0 Å². The van der Waals surface area contributed by atoms with Crippen LogP contribution in [-0.4, -0.2) is 43.0 Å². The molecule has 1 unspecified atom stereocenters. The van der Waals surface area contributed by atoms with Crippen LogP contribution in [0.3, 0.4) is 0 Å². The molecule has 60 valence electrons. The van der Waals surface area contributed by atoms with E-state index in [4.69, 9.17) is 4.74 Å². The van der Waals surface area contributed by atoms with Crippen LogP contribution in [0.1, 0.15) is 12.8 Å². The van der Waals surface area contributed by atoms with Crippen LogP contribution in [0.4, 0.5) is 0 Å². The van der Waals surface area contributed by atoms with Gasteiger partial charge in [0.1, 0.15) is 6.23 Å². The molecular formula is C7H15NO2. The first-order valence-electron chi connectivity index (χ1n) is 3.75. The summed E-state index contributed by atoms with van der Waals surface area (Å²) in [4.78, 5) is 2.05. The van der Waals surface area contributed by atoms with Crippen LogP contribution in [0.15, 0.2) is 0 Å². The minimum Gasteiger partial charge on any atom is -0.383 e. The molecule has 0 radical (unpaired) electrons. The van der Waals surface area contributed by atoms with Gasteiger partial charge in [-0.1, -0.05) is 0 Å². The molecular weight excluding hydrogens is 130 g/mol. The maximum atomic E-state index is 9.29. The third-order valence-electron chi connectivity index (χ3n) is 1.91. The van der Waals surface area contributed by atoms with Crippen molar-refractivity contribution >= 4 is 0 Å². The highest BCUT2D eigenvalue weighted by atomic mass is 16.5. The molecule has 0 amide bonds. The number of ether oxygens (including phenoxy) is 1. The molecule has 1 rings (SSSR count). The molecule has 1 atom stereocenters. The smallest absolute Gasteiger partial charge is 0.107 e. The standard InChI is InChI=1S/C7H15NO2/c1-10-6-5-8-4-2-3-7(8)9/h7,9H,2-6H2,1H3. The Morgan fingerprint density at radius 3 is 3.00 bits per heavy atom. The van der Waals surface area contributed by atoms with Gasteiger partial charge in [-0.25, -0.2) is 0 Å². The van der Waals surface area contributed by atoms with E-state index in [2.05, 4.69) is 0 Å². The zero-order valence-corrected chi connectivity index (χ0v) is 6.42. The zero-order chi connectivity index (χ0) is 7.40. The Labute approximate surface area is 61.6 Å². The van der Waals surface area contributed by atoms with Gasteiger partial charge in [0.05, 0.1) is 6.61 Å². The van der Waals surface area contributed by atoms with Gasteiger partial charge in [-0.15, -0.1) is 0 Å². The first kappa shape index (κ1) is 7.98. The van der Waals surface area contributed by atoms with E-state index in [1.807, 2.05) is 4.90 Å². The lowest BCUT2D eigenvalue weighted by atomic mass is 10.4. The summed E-state index contributed by atoms with van der Waals surface area (Å²) < 4.78 is 4.90. The molecule has 0 spiro atoms. The Morgan fingerprint density at radius 2 is 2.50 bits per heavy atom. The fourth-order valence-electron chi connectivity index (χ4n) is 1.28. The van der Waals surface area contributed by atoms with Crippen LogP contribution in [0.5, 0.6) is 0 Å². The molecule has 0 aliphatic carbocycles. The molecule has 10 heavy (non-hydrogen) atoms. The molecule has 1 heterocycles. The van der Waals surface area contributed by atoms with Gasteiger partial charge in [0.15, 0.2) is 0 Å². The molecule has 1 fully saturated rings. The number of rotatable bonds is 3. The minimum absolute atomic E-state index is 0.213. The average molecular weight is 145 g/mol. The van der Waals surface area contributed by atoms with Crippen LogP contribution >= 0.6 is 0 Å². The summed E-state index contributed by atoms with van der Waals surface area (Å²) in [5.41, 5.74) is 0. The van der Waals surface area contributed by atoms with Crippen molar-refractivity contribution in [2.75, 3.05) is 26.8 Å². The Balaban J connectivity index is 2.14. The van der Waals surface area contributed by atoms with Crippen molar-refractivity contribution in [2.45, 2.75) is 19.1 Å². The topological polar surface area (TPSA) is 32.7 Å². The largest absolute Gasteiger partial charge is 0.383 e.